The normalized spacial score (nSPS) is 24.7. The Morgan fingerprint density at radius 2 is 2.03 bits per heavy atom. The van der Waals surface area contributed by atoms with Crippen molar-refractivity contribution < 1.29 is 9.53 Å². The van der Waals surface area contributed by atoms with Gasteiger partial charge in [-0.3, -0.25) is 4.79 Å². The third kappa shape index (κ3) is 6.84. The summed E-state index contributed by atoms with van der Waals surface area (Å²) < 4.78 is 5.74. The molecule has 7 heteroatoms. The summed E-state index contributed by atoms with van der Waals surface area (Å²) in [7, 11) is 3.54. The molecule has 0 aromatic heterocycles. The quantitative estimate of drug-likeness (QED) is 0.373. The van der Waals surface area contributed by atoms with Crippen molar-refractivity contribution in [2.24, 2.45) is 10.9 Å². The Morgan fingerprint density at radius 1 is 1.28 bits per heavy atom. The summed E-state index contributed by atoms with van der Waals surface area (Å²) in [6, 6.07) is 10.8. The van der Waals surface area contributed by atoms with Crippen LogP contribution in [0, 0.1) is 5.92 Å². The van der Waals surface area contributed by atoms with Crippen LogP contribution in [0.2, 0.25) is 0 Å². The molecule has 3 atom stereocenters. The molecule has 1 amide bonds. The molecule has 2 aliphatic rings. The average Bonchev–Trinajstić information content (AvgIpc) is 3.22. The number of benzene rings is 1. The molecule has 1 aromatic rings. The summed E-state index contributed by atoms with van der Waals surface area (Å²) in [5.41, 5.74) is 1.42. The lowest BCUT2D eigenvalue weighted by molar-refractivity contribution is -0.127. The maximum Gasteiger partial charge on any atom is 0.243 e. The molecule has 0 aliphatic carbocycles. The number of ether oxygens (including phenoxy) is 1. The first-order valence-electron chi connectivity index (χ1n) is 10.4. The molecule has 162 valence electrons. The van der Waals surface area contributed by atoms with Gasteiger partial charge in [0.05, 0.1) is 6.10 Å². The second-order valence-electron chi connectivity index (χ2n) is 8.17. The first-order valence-corrected chi connectivity index (χ1v) is 10.4. The predicted octanol–water partition coefficient (Wildman–Crippen LogP) is 2.94. The SMILES string of the molecule is CC1CN(C(=NCC(=O)N(C)C)NCC2CCCO2)CCC1c1ccccc1.I. The van der Waals surface area contributed by atoms with Gasteiger partial charge in [0, 0.05) is 40.3 Å². The van der Waals surface area contributed by atoms with Crippen LogP contribution in [0.3, 0.4) is 0 Å². The third-order valence-corrected chi connectivity index (χ3v) is 5.81. The van der Waals surface area contributed by atoms with Crippen molar-refractivity contribution in [3.63, 3.8) is 0 Å². The number of nitrogens with zero attached hydrogens (tertiary/aromatic N) is 3. The fourth-order valence-electron chi connectivity index (χ4n) is 4.10. The smallest absolute Gasteiger partial charge is 0.243 e. The van der Waals surface area contributed by atoms with E-state index in [-0.39, 0.29) is 42.5 Å². The molecular formula is C22H35IN4O2. The predicted molar refractivity (Wildman–Crippen MR) is 128 cm³/mol. The van der Waals surface area contributed by atoms with Gasteiger partial charge >= 0.3 is 0 Å². The fraction of sp³-hybridized carbons (Fsp3) is 0.636. The number of amides is 1. The molecule has 3 unspecified atom stereocenters. The molecular weight excluding hydrogens is 479 g/mol. The van der Waals surface area contributed by atoms with Gasteiger partial charge in [0.2, 0.25) is 5.91 Å². The molecule has 0 saturated carbocycles. The van der Waals surface area contributed by atoms with E-state index in [1.54, 1.807) is 19.0 Å². The highest BCUT2D eigenvalue weighted by molar-refractivity contribution is 14.0. The second-order valence-corrected chi connectivity index (χ2v) is 8.17. The van der Waals surface area contributed by atoms with Gasteiger partial charge in [-0.2, -0.15) is 0 Å². The summed E-state index contributed by atoms with van der Waals surface area (Å²) in [6.07, 6.45) is 3.54. The number of piperidine rings is 1. The second kappa shape index (κ2) is 11.7. The molecule has 0 bridgehead atoms. The summed E-state index contributed by atoms with van der Waals surface area (Å²) in [5, 5.41) is 3.48. The van der Waals surface area contributed by atoms with Crippen LogP contribution >= 0.6 is 24.0 Å². The third-order valence-electron chi connectivity index (χ3n) is 5.81. The average molecular weight is 514 g/mol. The summed E-state index contributed by atoms with van der Waals surface area (Å²) >= 11 is 0. The lowest BCUT2D eigenvalue weighted by atomic mass is 9.82. The van der Waals surface area contributed by atoms with Gasteiger partial charge in [-0.1, -0.05) is 37.3 Å². The van der Waals surface area contributed by atoms with Crippen molar-refractivity contribution in [2.75, 3.05) is 46.9 Å². The number of likely N-dealkylation sites (tertiary alicyclic amines) is 1. The lowest BCUT2D eigenvalue weighted by Gasteiger charge is -2.39. The molecule has 2 heterocycles. The zero-order chi connectivity index (χ0) is 19.9. The first-order chi connectivity index (χ1) is 13.5. The molecule has 2 saturated heterocycles. The minimum atomic E-state index is 0. The van der Waals surface area contributed by atoms with Crippen molar-refractivity contribution >= 4 is 35.8 Å². The number of hydrogen-bond donors (Lipinski definition) is 1. The molecule has 0 spiro atoms. The van der Waals surface area contributed by atoms with Crippen LogP contribution in [-0.4, -0.2) is 74.7 Å². The number of rotatable bonds is 5. The standard InChI is InChI=1S/C22H34N4O2.HI/c1-17-16-26(12-11-20(17)18-8-5-4-6-9-18)22(24-15-21(27)25(2)3)23-14-19-10-7-13-28-19;/h4-6,8-9,17,19-20H,7,10-16H2,1-3H3,(H,23,24);1H. The van der Waals surface area contributed by atoms with Crippen molar-refractivity contribution in [2.45, 2.75) is 38.2 Å². The maximum atomic E-state index is 12.0. The van der Waals surface area contributed by atoms with Gasteiger partial charge < -0.3 is 19.9 Å². The number of halogens is 1. The van der Waals surface area contributed by atoms with Crippen LogP contribution in [0.25, 0.3) is 0 Å². The van der Waals surface area contributed by atoms with E-state index in [1.165, 1.54) is 5.56 Å². The van der Waals surface area contributed by atoms with Crippen LogP contribution in [0.5, 0.6) is 0 Å². The number of guanidine groups is 1. The van der Waals surface area contributed by atoms with E-state index >= 15 is 0 Å². The highest BCUT2D eigenvalue weighted by atomic mass is 127. The molecule has 2 aliphatic heterocycles. The Bertz CT molecular complexity index is 662. The number of hydrogen-bond acceptors (Lipinski definition) is 3. The topological polar surface area (TPSA) is 57.2 Å². The Kier molecular flexibility index (Phi) is 9.68. The largest absolute Gasteiger partial charge is 0.376 e. The van der Waals surface area contributed by atoms with Crippen molar-refractivity contribution in [3.8, 4) is 0 Å². The molecule has 1 aromatic carbocycles. The van der Waals surface area contributed by atoms with E-state index in [0.717, 1.165) is 51.5 Å². The van der Waals surface area contributed by atoms with Crippen LogP contribution in [0.4, 0.5) is 0 Å². The monoisotopic (exact) mass is 514 g/mol. The van der Waals surface area contributed by atoms with Crippen molar-refractivity contribution in [1.82, 2.24) is 15.1 Å². The van der Waals surface area contributed by atoms with Crippen LogP contribution in [0.15, 0.2) is 35.3 Å². The number of nitrogens with one attached hydrogen (secondary N) is 1. The van der Waals surface area contributed by atoms with E-state index < -0.39 is 0 Å². The zero-order valence-corrected chi connectivity index (χ0v) is 20.2. The molecule has 29 heavy (non-hydrogen) atoms. The fourth-order valence-corrected chi connectivity index (χ4v) is 4.10. The molecule has 6 nitrogen and oxygen atoms in total. The van der Waals surface area contributed by atoms with E-state index in [4.69, 9.17) is 4.74 Å². The van der Waals surface area contributed by atoms with Crippen LogP contribution < -0.4 is 5.32 Å². The van der Waals surface area contributed by atoms with Gasteiger partial charge in [-0.15, -0.1) is 24.0 Å². The van der Waals surface area contributed by atoms with Gasteiger partial charge in [-0.25, -0.2) is 4.99 Å². The van der Waals surface area contributed by atoms with E-state index in [9.17, 15) is 4.79 Å². The summed E-state index contributed by atoms with van der Waals surface area (Å²) in [4.78, 5) is 20.6. The van der Waals surface area contributed by atoms with Crippen LogP contribution in [0.1, 0.15) is 37.7 Å². The highest BCUT2D eigenvalue weighted by Gasteiger charge is 2.29. The van der Waals surface area contributed by atoms with Gasteiger partial charge in [0.1, 0.15) is 6.54 Å². The number of likely N-dealkylation sites (N-methyl/N-ethyl adjacent to an activating group) is 1. The highest BCUT2D eigenvalue weighted by Crippen LogP contribution is 2.32. The lowest BCUT2D eigenvalue weighted by Crippen LogP contribution is -2.49. The first kappa shape index (κ1) is 23.9. The summed E-state index contributed by atoms with van der Waals surface area (Å²) in [5.74, 6) is 1.95. The van der Waals surface area contributed by atoms with E-state index in [1.807, 2.05) is 0 Å². The Balaban J connectivity index is 0.00000300. The minimum absolute atomic E-state index is 0. The van der Waals surface area contributed by atoms with E-state index in [2.05, 4.69) is 52.5 Å². The molecule has 1 N–H and O–H groups in total. The van der Waals surface area contributed by atoms with E-state index in [0.29, 0.717) is 11.8 Å². The Labute approximate surface area is 192 Å². The molecule has 2 fully saturated rings. The van der Waals surface area contributed by atoms with Gasteiger partial charge in [0.25, 0.3) is 0 Å². The number of aliphatic imine (C=N–C) groups is 1. The Hall–Kier alpha value is -1.35. The molecule has 0 radical (unpaired) electrons. The van der Waals surface area contributed by atoms with Crippen molar-refractivity contribution in [1.29, 1.82) is 0 Å². The van der Waals surface area contributed by atoms with Crippen molar-refractivity contribution in [3.05, 3.63) is 35.9 Å². The van der Waals surface area contributed by atoms with Gasteiger partial charge in [-0.05, 0) is 36.7 Å². The number of carbonyl (C=O) groups is 1. The Morgan fingerprint density at radius 3 is 2.66 bits per heavy atom. The summed E-state index contributed by atoms with van der Waals surface area (Å²) in [6.45, 7) is 5.96. The zero-order valence-electron chi connectivity index (χ0n) is 17.8. The number of carbonyl (C=O) groups excluding carboxylic acids is 1. The minimum Gasteiger partial charge on any atom is -0.376 e. The van der Waals surface area contributed by atoms with Gasteiger partial charge in [0.15, 0.2) is 5.96 Å². The molecule has 3 rings (SSSR count). The van der Waals surface area contributed by atoms with Crippen LogP contribution in [-0.2, 0) is 9.53 Å². The maximum absolute atomic E-state index is 12.0.